The van der Waals surface area contributed by atoms with E-state index < -0.39 is 4.92 Å². The lowest BCUT2D eigenvalue weighted by atomic mass is 10.2. The number of anilines is 1. The van der Waals surface area contributed by atoms with Gasteiger partial charge in [-0.25, -0.2) is 4.39 Å². The highest BCUT2D eigenvalue weighted by molar-refractivity contribution is 9.10. The summed E-state index contributed by atoms with van der Waals surface area (Å²) in [6.45, 7) is 2.27. The van der Waals surface area contributed by atoms with Crippen LogP contribution in [0.1, 0.15) is 11.1 Å². The van der Waals surface area contributed by atoms with Crippen molar-refractivity contribution in [2.24, 2.45) is 0 Å². The largest absolute Gasteiger partial charge is 0.493 e. The van der Waals surface area contributed by atoms with E-state index in [2.05, 4.69) is 26.6 Å². The van der Waals surface area contributed by atoms with E-state index >= 15 is 0 Å². The summed E-state index contributed by atoms with van der Waals surface area (Å²) >= 11 is 3.54. The molecular formula is C23H23BrFN3O4. The predicted molar refractivity (Wildman–Crippen MR) is 125 cm³/mol. The van der Waals surface area contributed by atoms with Gasteiger partial charge in [-0.2, -0.15) is 0 Å². The lowest BCUT2D eigenvalue weighted by molar-refractivity contribution is -0.384. The van der Waals surface area contributed by atoms with Crippen molar-refractivity contribution in [3.05, 3.63) is 92.2 Å². The fourth-order valence-corrected chi connectivity index (χ4v) is 3.58. The number of rotatable bonds is 11. The first-order valence-corrected chi connectivity index (χ1v) is 10.7. The summed E-state index contributed by atoms with van der Waals surface area (Å²) in [6, 6.07) is 16.3. The number of nitrogens with one attached hydrogen (secondary N) is 2. The topological polar surface area (TPSA) is 85.7 Å². The van der Waals surface area contributed by atoms with E-state index in [0.717, 1.165) is 21.3 Å². The Hall–Kier alpha value is -3.17. The van der Waals surface area contributed by atoms with Gasteiger partial charge in [-0.05, 0) is 63.5 Å². The normalized spacial score (nSPS) is 10.6. The second kappa shape index (κ2) is 11.4. The van der Waals surface area contributed by atoms with Crippen LogP contribution in [0.3, 0.4) is 0 Å². The van der Waals surface area contributed by atoms with Crippen molar-refractivity contribution in [1.29, 1.82) is 0 Å². The Bertz CT molecular complexity index is 1050. The molecule has 3 rings (SSSR count). The molecule has 0 aliphatic rings. The Balaban J connectivity index is 1.49. The van der Waals surface area contributed by atoms with Crippen LogP contribution in [0.2, 0.25) is 0 Å². The van der Waals surface area contributed by atoms with Gasteiger partial charge >= 0.3 is 0 Å². The number of halogens is 2. The first-order chi connectivity index (χ1) is 15.5. The Morgan fingerprint density at radius 2 is 1.75 bits per heavy atom. The van der Waals surface area contributed by atoms with Crippen LogP contribution in [-0.2, 0) is 13.2 Å². The minimum absolute atomic E-state index is 0.0679. The van der Waals surface area contributed by atoms with Crippen LogP contribution in [0.4, 0.5) is 15.8 Å². The molecule has 0 bridgehead atoms. The van der Waals surface area contributed by atoms with Crippen LogP contribution in [0.5, 0.6) is 11.5 Å². The summed E-state index contributed by atoms with van der Waals surface area (Å²) in [4.78, 5) is 10.3. The molecule has 0 unspecified atom stereocenters. The summed E-state index contributed by atoms with van der Waals surface area (Å²) in [7, 11) is 1.58. The number of benzene rings is 3. The molecule has 168 valence electrons. The van der Waals surface area contributed by atoms with Gasteiger partial charge in [-0.1, -0.05) is 12.1 Å². The van der Waals surface area contributed by atoms with E-state index in [-0.39, 0.29) is 11.5 Å². The molecule has 32 heavy (non-hydrogen) atoms. The Labute approximate surface area is 193 Å². The lowest BCUT2D eigenvalue weighted by Gasteiger charge is -2.15. The molecule has 0 radical (unpaired) electrons. The summed E-state index contributed by atoms with van der Waals surface area (Å²) in [5, 5.41) is 17.2. The number of non-ortho nitro benzene ring substituents is 1. The monoisotopic (exact) mass is 503 g/mol. The van der Waals surface area contributed by atoms with Gasteiger partial charge in [0.2, 0.25) is 0 Å². The lowest BCUT2D eigenvalue weighted by Crippen LogP contribution is -2.21. The SMILES string of the molecule is COc1cc(CNCCNc2ccc([N+](=O)[O-])cc2)cc(Br)c1OCc1ccc(F)cc1. The Morgan fingerprint density at radius 3 is 2.41 bits per heavy atom. The van der Waals surface area contributed by atoms with E-state index in [0.29, 0.717) is 37.7 Å². The zero-order valence-corrected chi connectivity index (χ0v) is 19.0. The van der Waals surface area contributed by atoms with Crippen molar-refractivity contribution >= 4 is 27.3 Å². The van der Waals surface area contributed by atoms with Gasteiger partial charge in [0.05, 0.1) is 16.5 Å². The number of methoxy groups -OCH3 is 1. The summed E-state index contributed by atoms with van der Waals surface area (Å²) < 4.78 is 25.2. The van der Waals surface area contributed by atoms with Crippen LogP contribution >= 0.6 is 15.9 Å². The van der Waals surface area contributed by atoms with Crippen molar-refractivity contribution in [2.45, 2.75) is 13.2 Å². The molecule has 0 spiro atoms. The Kier molecular flexibility index (Phi) is 8.41. The number of nitro benzene ring substituents is 1. The Morgan fingerprint density at radius 1 is 1.03 bits per heavy atom. The van der Waals surface area contributed by atoms with Crippen LogP contribution in [0.25, 0.3) is 0 Å². The third-order valence-electron chi connectivity index (χ3n) is 4.62. The van der Waals surface area contributed by atoms with Crippen molar-refractivity contribution in [3.8, 4) is 11.5 Å². The number of nitro groups is 1. The average molecular weight is 504 g/mol. The zero-order chi connectivity index (χ0) is 22.9. The van der Waals surface area contributed by atoms with Crippen molar-refractivity contribution < 1.29 is 18.8 Å². The summed E-state index contributed by atoms with van der Waals surface area (Å²) in [5.41, 5.74) is 2.76. The molecule has 7 nitrogen and oxygen atoms in total. The molecule has 3 aromatic rings. The van der Waals surface area contributed by atoms with Crippen LogP contribution in [-0.4, -0.2) is 25.1 Å². The fraction of sp³-hybridized carbons (Fsp3) is 0.217. The van der Waals surface area contributed by atoms with Crippen molar-refractivity contribution in [3.63, 3.8) is 0 Å². The molecule has 0 atom stereocenters. The highest BCUT2D eigenvalue weighted by atomic mass is 79.9. The first-order valence-electron chi connectivity index (χ1n) is 9.89. The van der Waals surface area contributed by atoms with E-state index in [1.54, 1.807) is 31.4 Å². The maximum absolute atomic E-state index is 13.1. The molecule has 0 fully saturated rings. The molecule has 0 amide bonds. The third-order valence-corrected chi connectivity index (χ3v) is 5.21. The molecule has 9 heteroatoms. The quantitative estimate of drug-likeness (QED) is 0.210. The van der Waals surface area contributed by atoms with Crippen molar-refractivity contribution in [1.82, 2.24) is 5.32 Å². The molecule has 0 aliphatic heterocycles. The number of hydrogen-bond acceptors (Lipinski definition) is 6. The van der Waals surface area contributed by atoms with Gasteiger partial charge in [0.15, 0.2) is 11.5 Å². The van der Waals surface area contributed by atoms with E-state index in [1.165, 1.54) is 24.3 Å². The standard InChI is InChI=1S/C23H23BrFN3O4/c1-31-22-13-17(12-21(24)23(22)32-15-16-2-4-18(25)5-3-16)14-26-10-11-27-19-6-8-20(9-7-19)28(29)30/h2-9,12-13,26-27H,10-11,14-15H2,1H3. The van der Waals surface area contributed by atoms with E-state index in [1.807, 2.05) is 12.1 Å². The molecule has 2 N–H and O–H groups in total. The molecular weight excluding hydrogens is 481 g/mol. The smallest absolute Gasteiger partial charge is 0.269 e. The van der Waals surface area contributed by atoms with Gasteiger partial charge < -0.3 is 20.1 Å². The van der Waals surface area contributed by atoms with Gasteiger partial charge in [0.1, 0.15) is 12.4 Å². The van der Waals surface area contributed by atoms with E-state index in [4.69, 9.17) is 9.47 Å². The number of hydrogen-bond donors (Lipinski definition) is 2. The van der Waals surface area contributed by atoms with Crippen LogP contribution in [0.15, 0.2) is 65.1 Å². The van der Waals surface area contributed by atoms with Gasteiger partial charge in [-0.3, -0.25) is 10.1 Å². The molecule has 3 aromatic carbocycles. The minimum Gasteiger partial charge on any atom is -0.493 e. The summed E-state index contributed by atoms with van der Waals surface area (Å²) in [6.07, 6.45) is 0. The van der Waals surface area contributed by atoms with Gasteiger partial charge in [0.25, 0.3) is 5.69 Å². The maximum atomic E-state index is 13.1. The minimum atomic E-state index is -0.420. The van der Waals surface area contributed by atoms with Gasteiger partial charge in [0, 0.05) is 37.5 Å². The molecule has 0 aliphatic carbocycles. The van der Waals surface area contributed by atoms with Crippen LogP contribution in [0, 0.1) is 15.9 Å². The second-order valence-corrected chi connectivity index (χ2v) is 7.79. The zero-order valence-electron chi connectivity index (χ0n) is 17.4. The molecule has 0 aromatic heterocycles. The number of ether oxygens (including phenoxy) is 2. The predicted octanol–water partition coefficient (Wildman–Crippen LogP) is 5.29. The fourth-order valence-electron chi connectivity index (χ4n) is 2.98. The van der Waals surface area contributed by atoms with E-state index in [9.17, 15) is 14.5 Å². The van der Waals surface area contributed by atoms with Gasteiger partial charge in [-0.15, -0.1) is 0 Å². The molecule has 0 heterocycles. The average Bonchev–Trinajstić information content (AvgIpc) is 2.79. The maximum Gasteiger partial charge on any atom is 0.269 e. The second-order valence-electron chi connectivity index (χ2n) is 6.93. The highest BCUT2D eigenvalue weighted by Gasteiger charge is 2.12. The third kappa shape index (κ3) is 6.66. The molecule has 0 saturated carbocycles. The molecule has 0 saturated heterocycles. The first kappa shape index (κ1) is 23.5. The number of nitrogens with zero attached hydrogens (tertiary/aromatic N) is 1. The summed E-state index contributed by atoms with van der Waals surface area (Å²) in [5.74, 6) is 0.898. The van der Waals surface area contributed by atoms with Crippen LogP contribution < -0.4 is 20.1 Å². The van der Waals surface area contributed by atoms with Crippen molar-refractivity contribution in [2.75, 3.05) is 25.5 Å². The highest BCUT2D eigenvalue weighted by Crippen LogP contribution is 2.37.